The monoisotopic (exact) mass is 302 g/mol. The second-order valence-electron chi connectivity index (χ2n) is 6.24. The Bertz CT molecular complexity index is 427. The van der Waals surface area contributed by atoms with E-state index >= 15 is 0 Å². The lowest BCUT2D eigenvalue weighted by Gasteiger charge is -2.43. The number of hydrogen-bond acceptors (Lipinski definition) is 5. The van der Waals surface area contributed by atoms with Crippen LogP contribution in [0, 0.1) is 0 Å². The number of amides is 2. The van der Waals surface area contributed by atoms with Gasteiger partial charge in [0.1, 0.15) is 6.04 Å². The number of carbonyl (C=O) groups excluding carboxylic acids is 1. The molecule has 2 aliphatic rings. The molecule has 120 valence electrons. The standard InChI is InChI=1S/C13H22N2O6/c1-13(2)7-14(5-9(6-16)21-13)12(20)15-4-8(17)3-10(15)11(18)19/h8-10,16-17H,3-7H2,1-2H3,(H,18,19)/t8-,9?,10+/m1/s1. The molecule has 2 saturated heterocycles. The number of aliphatic carboxylic acids is 1. The number of aliphatic hydroxyl groups excluding tert-OH is 2. The number of urea groups is 1. The zero-order valence-corrected chi connectivity index (χ0v) is 12.2. The van der Waals surface area contributed by atoms with Crippen LogP contribution in [-0.2, 0) is 9.53 Å². The Balaban J connectivity index is 2.13. The van der Waals surface area contributed by atoms with Crippen molar-refractivity contribution in [2.24, 2.45) is 0 Å². The van der Waals surface area contributed by atoms with E-state index in [1.165, 1.54) is 9.80 Å². The van der Waals surface area contributed by atoms with Gasteiger partial charge in [-0.25, -0.2) is 9.59 Å². The van der Waals surface area contributed by atoms with E-state index in [1.807, 2.05) is 13.8 Å². The molecule has 0 radical (unpaired) electrons. The summed E-state index contributed by atoms with van der Waals surface area (Å²) in [4.78, 5) is 26.4. The molecule has 0 aromatic rings. The van der Waals surface area contributed by atoms with E-state index in [9.17, 15) is 19.8 Å². The predicted molar refractivity (Wildman–Crippen MR) is 71.8 cm³/mol. The van der Waals surface area contributed by atoms with E-state index in [2.05, 4.69) is 0 Å². The van der Waals surface area contributed by atoms with Crippen molar-refractivity contribution in [2.45, 2.75) is 44.1 Å². The van der Waals surface area contributed by atoms with Gasteiger partial charge in [-0.1, -0.05) is 0 Å². The Morgan fingerprint density at radius 1 is 1.33 bits per heavy atom. The van der Waals surface area contributed by atoms with Crippen LogP contribution in [0.2, 0.25) is 0 Å². The summed E-state index contributed by atoms with van der Waals surface area (Å²) in [5.74, 6) is -1.12. The predicted octanol–water partition coefficient (Wildman–Crippen LogP) is -0.902. The zero-order chi connectivity index (χ0) is 15.8. The summed E-state index contributed by atoms with van der Waals surface area (Å²) in [7, 11) is 0. The number of carboxylic acids is 1. The highest BCUT2D eigenvalue weighted by atomic mass is 16.5. The van der Waals surface area contributed by atoms with Crippen LogP contribution in [-0.4, -0.2) is 87.2 Å². The first-order valence-corrected chi connectivity index (χ1v) is 6.98. The van der Waals surface area contributed by atoms with Crippen molar-refractivity contribution in [3.8, 4) is 0 Å². The number of carbonyl (C=O) groups is 2. The van der Waals surface area contributed by atoms with Crippen molar-refractivity contribution in [1.82, 2.24) is 9.80 Å². The van der Waals surface area contributed by atoms with Gasteiger partial charge >= 0.3 is 12.0 Å². The third kappa shape index (κ3) is 3.45. The molecule has 3 atom stereocenters. The van der Waals surface area contributed by atoms with Crippen LogP contribution in [0.1, 0.15) is 20.3 Å². The molecular weight excluding hydrogens is 280 g/mol. The number of hydrogen-bond donors (Lipinski definition) is 3. The first kappa shape index (κ1) is 16.0. The van der Waals surface area contributed by atoms with E-state index in [-0.39, 0.29) is 26.1 Å². The largest absolute Gasteiger partial charge is 0.480 e. The van der Waals surface area contributed by atoms with Gasteiger partial charge in [0.15, 0.2) is 0 Å². The molecule has 2 amide bonds. The fraction of sp³-hybridized carbons (Fsp3) is 0.846. The summed E-state index contributed by atoms with van der Waals surface area (Å²) >= 11 is 0. The molecule has 0 aliphatic carbocycles. The fourth-order valence-electron chi connectivity index (χ4n) is 2.98. The maximum atomic E-state index is 12.6. The molecule has 2 heterocycles. The number of morpholine rings is 1. The Morgan fingerprint density at radius 2 is 2.00 bits per heavy atom. The van der Waals surface area contributed by atoms with E-state index in [0.29, 0.717) is 6.54 Å². The molecule has 21 heavy (non-hydrogen) atoms. The van der Waals surface area contributed by atoms with Gasteiger partial charge in [-0.15, -0.1) is 0 Å². The van der Waals surface area contributed by atoms with Gasteiger partial charge in [0.2, 0.25) is 0 Å². The molecule has 0 spiro atoms. The van der Waals surface area contributed by atoms with E-state index < -0.39 is 35.9 Å². The summed E-state index contributed by atoms with van der Waals surface area (Å²) in [6.45, 7) is 3.93. The molecule has 2 fully saturated rings. The topological polar surface area (TPSA) is 111 Å². The average molecular weight is 302 g/mol. The first-order chi connectivity index (χ1) is 9.73. The highest BCUT2D eigenvalue weighted by molar-refractivity contribution is 5.83. The molecule has 8 nitrogen and oxygen atoms in total. The Hall–Kier alpha value is -1.38. The van der Waals surface area contributed by atoms with Crippen LogP contribution in [0.5, 0.6) is 0 Å². The summed E-state index contributed by atoms with van der Waals surface area (Å²) < 4.78 is 5.63. The molecule has 8 heteroatoms. The highest BCUT2D eigenvalue weighted by Gasteiger charge is 2.43. The first-order valence-electron chi connectivity index (χ1n) is 6.98. The van der Waals surface area contributed by atoms with Crippen molar-refractivity contribution in [3.05, 3.63) is 0 Å². The minimum absolute atomic E-state index is 0.0113. The van der Waals surface area contributed by atoms with Crippen molar-refractivity contribution in [2.75, 3.05) is 26.2 Å². The normalized spacial score (nSPS) is 32.3. The molecule has 2 rings (SSSR count). The number of rotatable bonds is 2. The lowest BCUT2D eigenvalue weighted by Crippen LogP contribution is -2.59. The lowest BCUT2D eigenvalue weighted by atomic mass is 10.1. The van der Waals surface area contributed by atoms with Crippen LogP contribution in [0.4, 0.5) is 4.79 Å². The number of ether oxygens (including phenoxy) is 1. The van der Waals surface area contributed by atoms with Crippen molar-refractivity contribution < 1.29 is 29.6 Å². The summed E-state index contributed by atoms with van der Waals surface area (Å²) in [6, 6.07) is -1.44. The number of nitrogens with zero attached hydrogens (tertiary/aromatic N) is 2. The third-order valence-corrected chi connectivity index (χ3v) is 3.77. The van der Waals surface area contributed by atoms with E-state index in [4.69, 9.17) is 9.84 Å². The minimum atomic E-state index is -1.12. The lowest BCUT2D eigenvalue weighted by molar-refractivity contribution is -0.145. The summed E-state index contributed by atoms with van der Waals surface area (Å²) in [6.07, 6.45) is -1.27. The molecule has 0 bridgehead atoms. The second kappa shape index (κ2) is 5.78. The zero-order valence-electron chi connectivity index (χ0n) is 12.2. The smallest absolute Gasteiger partial charge is 0.326 e. The summed E-state index contributed by atoms with van der Waals surface area (Å²) in [5, 5.41) is 28.0. The van der Waals surface area contributed by atoms with Crippen LogP contribution in [0.15, 0.2) is 0 Å². The number of aliphatic hydroxyl groups is 2. The maximum absolute atomic E-state index is 12.6. The molecule has 2 aliphatic heterocycles. The molecule has 3 N–H and O–H groups in total. The third-order valence-electron chi connectivity index (χ3n) is 3.77. The number of carboxylic acid groups (broad SMARTS) is 1. The quantitative estimate of drug-likeness (QED) is 0.609. The Morgan fingerprint density at radius 3 is 2.57 bits per heavy atom. The molecule has 0 aromatic carbocycles. The van der Waals surface area contributed by atoms with E-state index in [1.54, 1.807) is 0 Å². The number of β-amino-alcohol motifs (C(OH)–C–C–N with tert-alkyl or cyclic N) is 1. The molecular formula is C13H22N2O6. The van der Waals surface area contributed by atoms with Gasteiger partial charge < -0.3 is 29.9 Å². The van der Waals surface area contributed by atoms with Crippen molar-refractivity contribution in [3.63, 3.8) is 0 Å². The minimum Gasteiger partial charge on any atom is -0.480 e. The summed E-state index contributed by atoms with van der Waals surface area (Å²) in [5.41, 5.74) is -0.613. The van der Waals surface area contributed by atoms with Gasteiger partial charge in [0, 0.05) is 13.0 Å². The van der Waals surface area contributed by atoms with Gasteiger partial charge in [-0.3, -0.25) is 0 Å². The van der Waals surface area contributed by atoms with Gasteiger partial charge in [-0.05, 0) is 13.8 Å². The van der Waals surface area contributed by atoms with Crippen LogP contribution in [0.25, 0.3) is 0 Å². The number of likely N-dealkylation sites (tertiary alicyclic amines) is 1. The SMILES string of the molecule is CC1(C)CN(C(=O)N2C[C@H](O)C[C@H]2C(=O)O)CC(CO)O1. The van der Waals surface area contributed by atoms with Crippen molar-refractivity contribution >= 4 is 12.0 Å². The van der Waals surface area contributed by atoms with E-state index in [0.717, 1.165) is 0 Å². The van der Waals surface area contributed by atoms with Crippen LogP contribution < -0.4 is 0 Å². The molecule has 0 saturated carbocycles. The van der Waals surface area contributed by atoms with Gasteiger partial charge in [0.05, 0.1) is 37.5 Å². The Labute approximate surface area is 122 Å². The average Bonchev–Trinajstić information content (AvgIpc) is 2.78. The molecule has 0 aromatic heterocycles. The second-order valence-corrected chi connectivity index (χ2v) is 6.24. The van der Waals surface area contributed by atoms with Crippen molar-refractivity contribution in [1.29, 1.82) is 0 Å². The van der Waals surface area contributed by atoms with Crippen LogP contribution in [0.3, 0.4) is 0 Å². The highest BCUT2D eigenvalue weighted by Crippen LogP contribution is 2.25. The van der Waals surface area contributed by atoms with Crippen LogP contribution >= 0.6 is 0 Å². The molecule has 1 unspecified atom stereocenters. The van der Waals surface area contributed by atoms with Gasteiger partial charge in [-0.2, -0.15) is 0 Å². The maximum Gasteiger partial charge on any atom is 0.326 e. The Kier molecular flexibility index (Phi) is 4.40. The van der Waals surface area contributed by atoms with Gasteiger partial charge in [0.25, 0.3) is 0 Å². The fourth-order valence-corrected chi connectivity index (χ4v) is 2.98.